The predicted octanol–water partition coefficient (Wildman–Crippen LogP) is 3.97. The second-order valence-electron chi connectivity index (χ2n) is 8.88. The number of rotatable bonds is 12. The Morgan fingerprint density at radius 1 is 1.00 bits per heavy atom. The third kappa shape index (κ3) is 8.41. The minimum absolute atomic E-state index is 0.0331. The number of carbonyl (C=O) groups excluding carboxylic acids is 2. The quantitative estimate of drug-likeness (QED) is 0.412. The van der Waals surface area contributed by atoms with Crippen LogP contribution >= 0.6 is 23.2 Å². The lowest BCUT2D eigenvalue weighted by molar-refractivity contribution is -0.139. The highest BCUT2D eigenvalue weighted by Crippen LogP contribution is 2.32. The number of anilines is 1. The Morgan fingerprint density at radius 3 is 2.19 bits per heavy atom. The number of carbonyl (C=O) groups is 2. The molecular formula is C25H33Cl2N3O6S. The van der Waals surface area contributed by atoms with Gasteiger partial charge in [-0.25, -0.2) is 8.42 Å². The van der Waals surface area contributed by atoms with E-state index in [0.29, 0.717) is 33.7 Å². The minimum Gasteiger partial charge on any atom is -0.493 e. The number of methoxy groups -OCH3 is 2. The number of ether oxygens (including phenoxy) is 2. The summed E-state index contributed by atoms with van der Waals surface area (Å²) in [6, 6.07) is 8.43. The van der Waals surface area contributed by atoms with Crippen molar-refractivity contribution < 1.29 is 27.5 Å². The summed E-state index contributed by atoms with van der Waals surface area (Å²) in [6.45, 7) is 5.32. The smallest absolute Gasteiger partial charge is 0.244 e. The van der Waals surface area contributed by atoms with E-state index in [2.05, 4.69) is 5.32 Å². The first-order chi connectivity index (χ1) is 17.3. The van der Waals surface area contributed by atoms with Gasteiger partial charge in [0.1, 0.15) is 12.6 Å². The van der Waals surface area contributed by atoms with Gasteiger partial charge < -0.3 is 19.7 Å². The van der Waals surface area contributed by atoms with Crippen molar-refractivity contribution in [3.8, 4) is 11.5 Å². The van der Waals surface area contributed by atoms with Gasteiger partial charge in [-0.1, -0.05) is 43.1 Å². The molecule has 0 aromatic heterocycles. The van der Waals surface area contributed by atoms with Crippen LogP contribution in [0, 0.1) is 5.92 Å². The highest BCUT2D eigenvalue weighted by atomic mass is 35.5. The summed E-state index contributed by atoms with van der Waals surface area (Å²) in [4.78, 5) is 27.8. The van der Waals surface area contributed by atoms with Crippen molar-refractivity contribution in [2.45, 2.75) is 33.4 Å². The van der Waals surface area contributed by atoms with Crippen LogP contribution in [0.2, 0.25) is 10.0 Å². The van der Waals surface area contributed by atoms with Crippen molar-refractivity contribution in [2.24, 2.45) is 5.92 Å². The van der Waals surface area contributed by atoms with Crippen LogP contribution in [0.15, 0.2) is 36.4 Å². The molecule has 0 saturated heterocycles. The van der Waals surface area contributed by atoms with Crippen LogP contribution in [0.25, 0.3) is 0 Å². The van der Waals surface area contributed by atoms with Crippen LogP contribution in [0.3, 0.4) is 0 Å². The number of amides is 2. The van der Waals surface area contributed by atoms with E-state index in [1.807, 2.05) is 13.8 Å². The van der Waals surface area contributed by atoms with E-state index in [-0.39, 0.29) is 24.1 Å². The summed E-state index contributed by atoms with van der Waals surface area (Å²) >= 11 is 12.4. The Kier molecular flexibility index (Phi) is 10.9. The van der Waals surface area contributed by atoms with E-state index in [1.165, 1.54) is 37.3 Å². The lowest BCUT2D eigenvalue weighted by Crippen LogP contribution is -2.51. The average Bonchev–Trinajstić information content (AvgIpc) is 2.83. The molecule has 2 amide bonds. The molecule has 0 aliphatic carbocycles. The zero-order valence-corrected chi connectivity index (χ0v) is 24.1. The number of hydrogen-bond acceptors (Lipinski definition) is 6. The molecule has 12 heteroatoms. The molecule has 2 rings (SSSR count). The van der Waals surface area contributed by atoms with Gasteiger partial charge >= 0.3 is 0 Å². The van der Waals surface area contributed by atoms with Gasteiger partial charge in [-0.05, 0) is 42.7 Å². The van der Waals surface area contributed by atoms with E-state index in [1.54, 1.807) is 25.1 Å². The summed E-state index contributed by atoms with van der Waals surface area (Å²) in [7, 11) is -1.02. The molecule has 0 saturated carbocycles. The number of benzene rings is 2. The zero-order valence-electron chi connectivity index (χ0n) is 21.7. The lowest BCUT2D eigenvalue weighted by atomic mass is 10.1. The van der Waals surface area contributed by atoms with Crippen LogP contribution in [0.4, 0.5) is 5.69 Å². The normalized spacial score (nSPS) is 12.1. The maximum absolute atomic E-state index is 13.6. The molecule has 0 unspecified atom stereocenters. The molecule has 0 radical (unpaired) electrons. The monoisotopic (exact) mass is 573 g/mol. The van der Waals surface area contributed by atoms with Crippen molar-refractivity contribution >= 4 is 50.7 Å². The molecular weight excluding hydrogens is 541 g/mol. The fourth-order valence-electron chi connectivity index (χ4n) is 3.46. The maximum atomic E-state index is 13.6. The van der Waals surface area contributed by atoms with E-state index in [9.17, 15) is 18.0 Å². The highest BCUT2D eigenvalue weighted by Gasteiger charge is 2.31. The molecule has 1 atom stereocenters. The average molecular weight is 575 g/mol. The zero-order chi connectivity index (χ0) is 27.9. The van der Waals surface area contributed by atoms with E-state index in [0.717, 1.165) is 10.6 Å². The minimum atomic E-state index is -3.90. The first kappa shape index (κ1) is 30.5. The van der Waals surface area contributed by atoms with Gasteiger partial charge in [0.25, 0.3) is 0 Å². The van der Waals surface area contributed by atoms with E-state index < -0.39 is 28.5 Å². The van der Waals surface area contributed by atoms with Crippen LogP contribution in [0.1, 0.15) is 26.3 Å². The van der Waals surface area contributed by atoms with Gasteiger partial charge in [0, 0.05) is 29.2 Å². The SMILES string of the molecule is COc1ccc(N(CC(=O)N(Cc2ccc(Cl)cc2Cl)[C@@H](C)C(=O)NCC(C)C)S(C)(=O)=O)cc1OC. The van der Waals surface area contributed by atoms with Crippen molar-refractivity contribution in [3.05, 3.63) is 52.0 Å². The molecule has 1 N–H and O–H groups in total. The number of halogens is 2. The molecule has 0 aliphatic rings. The van der Waals surface area contributed by atoms with Gasteiger partial charge in [0.15, 0.2) is 11.5 Å². The van der Waals surface area contributed by atoms with E-state index >= 15 is 0 Å². The van der Waals surface area contributed by atoms with Gasteiger partial charge in [-0.3, -0.25) is 13.9 Å². The van der Waals surface area contributed by atoms with Crippen molar-refractivity contribution in [1.82, 2.24) is 10.2 Å². The van der Waals surface area contributed by atoms with Crippen molar-refractivity contribution in [1.29, 1.82) is 0 Å². The molecule has 0 fully saturated rings. The molecule has 9 nitrogen and oxygen atoms in total. The lowest BCUT2D eigenvalue weighted by Gasteiger charge is -2.32. The van der Waals surface area contributed by atoms with Gasteiger partial charge in [-0.2, -0.15) is 0 Å². The Hall–Kier alpha value is -2.69. The van der Waals surface area contributed by atoms with Gasteiger partial charge in [-0.15, -0.1) is 0 Å². The number of nitrogens with one attached hydrogen (secondary N) is 1. The standard InChI is InChI=1S/C25H33Cl2N3O6S/c1-16(2)13-28-25(32)17(3)29(14-18-7-8-19(26)11-21(18)27)24(31)15-30(37(6,33)34)20-9-10-22(35-4)23(12-20)36-5/h7-12,16-17H,13-15H2,1-6H3,(H,28,32)/t17-/m0/s1. The Labute approximate surface area is 228 Å². The molecule has 204 valence electrons. The maximum Gasteiger partial charge on any atom is 0.244 e. The Balaban J connectivity index is 2.45. The molecule has 0 bridgehead atoms. The highest BCUT2D eigenvalue weighted by molar-refractivity contribution is 7.92. The third-order valence-electron chi connectivity index (χ3n) is 5.54. The third-order valence-corrected chi connectivity index (χ3v) is 7.27. The van der Waals surface area contributed by atoms with Crippen LogP contribution < -0.4 is 19.1 Å². The van der Waals surface area contributed by atoms with Gasteiger partial charge in [0.05, 0.1) is 26.2 Å². The molecule has 0 aliphatic heterocycles. The second-order valence-corrected chi connectivity index (χ2v) is 11.6. The van der Waals surface area contributed by atoms with Gasteiger partial charge in [0.2, 0.25) is 21.8 Å². The fraction of sp³-hybridized carbons (Fsp3) is 0.440. The summed E-state index contributed by atoms with van der Waals surface area (Å²) in [5.74, 6) is -0.0628. The molecule has 37 heavy (non-hydrogen) atoms. The van der Waals surface area contributed by atoms with Crippen LogP contribution in [-0.2, 0) is 26.2 Å². The number of hydrogen-bond donors (Lipinski definition) is 1. The van der Waals surface area contributed by atoms with Crippen molar-refractivity contribution in [2.75, 3.05) is 37.9 Å². The largest absolute Gasteiger partial charge is 0.493 e. The summed E-state index contributed by atoms with van der Waals surface area (Å²) in [5.41, 5.74) is 0.759. The summed E-state index contributed by atoms with van der Waals surface area (Å²) in [6.07, 6.45) is 0.996. The molecule has 0 heterocycles. The van der Waals surface area contributed by atoms with Crippen LogP contribution in [0.5, 0.6) is 11.5 Å². The number of nitrogens with zero attached hydrogens (tertiary/aromatic N) is 2. The fourth-order valence-corrected chi connectivity index (χ4v) is 4.77. The molecule has 2 aromatic carbocycles. The number of sulfonamides is 1. The first-order valence-corrected chi connectivity index (χ1v) is 14.1. The molecule has 2 aromatic rings. The summed E-state index contributed by atoms with van der Waals surface area (Å²) < 4.78 is 37.0. The van der Waals surface area contributed by atoms with Crippen molar-refractivity contribution in [3.63, 3.8) is 0 Å². The Morgan fingerprint density at radius 2 is 1.65 bits per heavy atom. The van der Waals surface area contributed by atoms with Crippen LogP contribution in [-0.4, -0.2) is 64.7 Å². The predicted molar refractivity (Wildman–Crippen MR) is 146 cm³/mol. The topological polar surface area (TPSA) is 105 Å². The molecule has 0 spiro atoms. The second kappa shape index (κ2) is 13.2. The first-order valence-electron chi connectivity index (χ1n) is 11.5. The Bertz CT molecular complexity index is 1220. The van der Waals surface area contributed by atoms with E-state index in [4.69, 9.17) is 32.7 Å². The summed E-state index contributed by atoms with van der Waals surface area (Å²) in [5, 5.41) is 3.56.